The maximum Gasteiger partial charge on any atom is 0.417 e. The SMILES string of the molecule is CC(=O)N1C=Cc2ccccc2[C@H]1CC(=O)Nc1ccc2oc(=O)[nH]c2c1. The zero-order chi connectivity index (χ0) is 19.0. The first-order valence-corrected chi connectivity index (χ1v) is 8.50. The molecule has 1 atom stereocenters. The number of aromatic nitrogens is 1. The van der Waals surface area contributed by atoms with Gasteiger partial charge in [-0.05, 0) is 35.4 Å². The van der Waals surface area contributed by atoms with Gasteiger partial charge < -0.3 is 14.6 Å². The molecule has 0 saturated carbocycles. The first-order valence-electron chi connectivity index (χ1n) is 8.50. The summed E-state index contributed by atoms with van der Waals surface area (Å²) in [5.41, 5.74) is 3.39. The number of oxazole rings is 1. The van der Waals surface area contributed by atoms with Gasteiger partial charge in [0, 0.05) is 18.8 Å². The van der Waals surface area contributed by atoms with Crippen LogP contribution in [0.2, 0.25) is 0 Å². The van der Waals surface area contributed by atoms with Crippen molar-refractivity contribution in [2.45, 2.75) is 19.4 Å². The summed E-state index contributed by atoms with van der Waals surface area (Å²) in [6, 6.07) is 12.2. The summed E-state index contributed by atoms with van der Waals surface area (Å²) >= 11 is 0. The van der Waals surface area contributed by atoms with E-state index in [0.29, 0.717) is 16.8 Å². The molecule has 0 bridgehead atoms. The summed E-state index contributed by atoms with van der Waals surface area (Å²) in [5.74, 6) is -0.909. The van der Waals surface area contributed by atoms with Gasteiger partial charge in [0.25, 0.3) is 0 Å². The van der Waals surface area contributed by atoms with Crippen molar-refractivity contribution in [3.63, 3.8) is 0 Å². The Balaban J connectivity index is 1.57. The van der Waals surface area contributed by atoms with E-state index in [0.717, 1.165) is 11.1 Å². The Labute approximate surface area is 154 Å². The number of aromatic amines is 1. The summed E-state index contributed by atoms with van der Waals surface area (Å²) in [6.45, 7) is 1.48. The average Bonchev–Trinajstić information content (AvgIpc) is 3.01. The molecule has 0 radical (unpaired) electrons. The number of rotatable bonds is 3. The summed E-state index contributed by atoms with van der Waals surface area (Å²) in [7, 11) is 0. The quantitative estimate of drug-likeness (QED) is 0.748. The van der Waals surface area contributed by atoms with Crippen LogP contribution >= 0.6 is 0 Å². The third kappa shape index (κ3) is 3.27. The van der Waals surface area contributed by atoms with Crippen molar-refractivity contribution in [1.82, 2.24) is 9.88 Å². The molecule has 2 amide bonds. The van der Waals surface area contributed by atoms with E-state index >= 15 is 0 Å². The highest BCUT2D eigenvalue weighted by Gasteiger charge is 2.28. The predicted octanol–water partition coefficient (Wildman–Crippen LogP) is 3.02. The molecule has 1 aliphatic heterocycles. The highest BCUT2D eigenvalue weighted by Crippen LogP contribution is 2.33. The van der Waals surface area contributed by atoms with Crippen LogP contribution in [-0.4, -0.2) is 21.7 Å². The Morgan fingerprint density at radius 2 is 2.04 bits per heavy atom. The molecule has 0 fully saturated rings. The van der Waals surface area contributed by atoms with Crippen LogP contribution in [0.3, 0.4) is 0 Å². The first kappa shape index (κ1) is 16.8. The van der Waals surface area contributed by atoms with E-state index in [2.05, 4.69) is 10.3 Å². The fourth-order valence-electron chi connectivity index (χ4n) is 3.33. The van der Waals surface area contributed by atoms with E-state index in [4.69, 9.17) is 4.42 Å². The smallest absolute Gasteiger partial charge is 0.408 e. The van der Waals surface area contributed by atoms with E-state index in [1.807, 2.05) is 30.3 Å². The molecule has 0 spiro atoms. The van der Waals surface area contributed by atoms with Crippen LogP contribution in [-0.2, 0) is 9.59 Å². The number of benzene rings is 2. The third-order valence-corrected chi connectivity index (χ3v) is 4.55. The van der Waals surface area contributed by atoms with Gasteiger partial charge >= 0.3 is 5.76 Å². The number of carbonyl (C=O) groups excluding carboxylic acids is 2. The van der Waals surface area contributed by atoms with Gasteiger partial charge in [-0.2, -0.15) is 0 Å². The van der Waals surface area contributed by atoms with Crippen molar-refractivity contribution < 1.29 is 14.0 Å². The number of nitrogens with zero attached hydrogens (tertiary/aromatic N) is 1. The summed E-state index contributed by atoms with van der Waals surface area (Å²) < 4.78 is 4.95. The summed E-state index contributed by atoms with van der Waals surface area (Å²) in [4.78, 5) is 40.0. The topological polar surface area (TPSA) is 95.4 Å². The molecule has 2 N–H and O–H groups in total. The summed E-state index contributed by atoms with van der Waals surface area (Å²) in [6.07, 6.45) is 3.69. The number of anilines is 1. The second-order valence-electron chi connectivity index (χ2n) is 6.36. The maximum absolute atomic E-state index is 12.6. The number of hydrogen-bond acceptors (Lipinski definition) is 4. The van der Waals surface area contributed by atoms with Gasteiger partial charge in [0.1, 0.15) is 0 Å². The molecule has 2 aromatic carbocycles. The lowest BCUT2D eigenvalue weighted by molar-refractivity contribution is -0.129. The van der Waals surface area contributed by atoms with Crippen molar-refractivity contribution in [2.75, 3.05) is 5.32 Å². The van der Waals surface area contributed by atoms with Gasteiger partial charge in [-0.3, -0.25) is 14.6 Å². The predicted molar refractivity (Wildman–Crippen MR) is 101 cm³/mol. The highest BCUT2D eigenvalue weighted by molar-refractivity contribution is 5.93. The third-order valence-electron chi connectivity index (χ3n) is 4.55. The molecule has 27 heavy (non-hydrogen) atoms. The fourth-order valence-corrected chi connectivity index (χ4v) is 3.33. The number of H-pyrrole nitrogens is 1. The van der Waals surface area contributed by atoms with Crippen LogP contribution in [0.4, 0.5) is 5.69 Å². The van der Waals surface area contributed by atoms with E-state index < -0.39 is 5.76 Å². The maximum atomic E-state index is 12.6. The number of fused-ring (bicyclic) bond motifs is 2. The van der Waals surface area contributed by atoms with Crippen LogP contribution in [0.15, 0.2) is 57.9 Å². The Morgan fingerprint density at radius 3 is 2.85 bits per heavy atom. The fraction of sp³-hybridized carbons (Fsp3) is 0.150. The molecular weight excluding hydrogens is 346 g/mol. The average molecular weight is 363 g/mol. The van der Waals surface area contributed by atoms with Gasteiger partial charge in [-0.1, -0.05) is 24.3 Å². The largest absolute Gasteiger partial charge is 0.417 e. The van der Waals surface area contributed by atoms with Crippen LogP contribution in [0, 0.1) is 0 Å². The van der Waals surface area contributed by atoms with Crippen molar-refractivity contribution in [1.29, 1.82) is 0 Å². The Hall–Kier alpha value is -3.61. The second kappa shape index (κ2) is 6.60. The van der Waals surface area contributed by atoms with E-state index in [1.54, 1.807) is 29.3 Å². The molecule has 0 aliphatic carbocycles. The number of carbonyl (C=O) groups is 2. The Kier molecular flexibility index (Phi) is 4.12. The van der Waals surface area contributed by atoms with E-state index in [-0.39, 0.29) is 24.3 Å². The van der Waals surface area contributed by atoms with Gasteiger partial charge in [-0.25, -0.2) is 4.79 Å². The highest BCUT2D eigenvalue weighted by atomic mass is 16.4. The minimum atomic E-state index is -0.545. The van der Waals surface area contributed by atoms with E-state index in [1.165, 1.54) is 6.92 Å². The van der Waals surface area contributed by atoms with Crippen molar-refractivity contribution in [3.8, 4) is 0 Å². The standard InChI is InChI=1S/C20H17N3O4/c1-12(24)23-9-8-13-4-2-3-5-15(13)17(23)11-19(25)21-14-6-7-18-16(10-14)22-20(26)27-18/h2-10,17H,11H2,1H3,(H,21,25)(H,22,26)/t17-/m1/s1. The molecule has 4 rings (SSSR count). The van der Waals surface area contributed by atoms with Gasteiger partial charge in [0.15, 0.2) is 5.58 Å². The van der Waals surface area contributed by atoms with Crippen molar-refractivity contribution in [2.24, 2.45) is 0 Å². The van der Waals surface area contributed by atoms with Crippen molar-refractivity contribution >= 4 is 34.7 Å². The Bertz CT molecular complexity index is 1130. The Morgan fingerprint density at radius 1 is 1.22 bits per heavy atom. The number of hydrogen-bond donors (Lipinski definition) is 2. The number of amides is 2. The first-order chi connectivity index (χ1) is 13.0. The molecule has 1 aliphatic rings. The van der Waals surface area contributed by atoms with E-state index in [9.17, 15) is 14.4 Å². The molecular formula is C20H17N3O4. The molecule has 7 heteroatoms. The zero-order valence-electron chi connectivity index (χ0n) is 14.6. The summed E-state index contributed by atoms with van der Waals surface area (Å²) in [5, 5.41) is 2.82. The molecule has 1 aromatic heterocycles. The van der Waals surface area contributed by atoms with Crippen LogP contribution in [0.1, 0.15) is 30.5 Å². The van der Waals surface area contributed by atoms with Gasteiger partial charge in [0.2, 0.25) is 11.8 Å². The van der Waals surface area contributed by atoms with Crippen molar-refractivity contribution in [3.05, 3.63) is 70.3 Å². The van der Waals surface area contributed by atoms with Crippen LogP contribution < -0.4 is 11.1 Å². The minimum Gasteiger partial charge on any atom is -0.408 e. The normalized spacial score (nSPS) is 15.6. The zero-order valence-corrected chi connectivity index (χ0v) is 14.6. The lowest BCUT2D eigenvalue weighted by Crippen LogP contribution is -2.33. The lowest BCUT2D eigenvalue weighted by Gasteiger charge is -2.32. The lowest BCUT2D eigenvalue weighted by atomic mass is 9.93. The number of nitrogens with one attached hydrogen (secondary N) is 2. The van der Waals surface area contributed by atoms with Crippen LogP contribution in [0.5, 0.6) is 0 Å². The van der Waals surface area contributed by atoms with Gasteiger partial charge in [-0.15, -0.1) is 0 Å². The minimum absolute atomic E-state index is 0.112. The molecule has 136 valence electrons. The van der Waals surface area contributed by atoms with Gasteiger partial charge in [0.05, 0.1) is 18.0 Å². The molecule has 7 nitrogen and oxygen atoms in total. The molecule has 0 saturated heterocycles. The molecule has 0 unspecified atom stereocenters. The second-order valence-corrected chi connectivity index (χ2v) is 6.36. The van der Waals surface area contributed by atoms with Crippen LogP contribution in [0.25, 0.3) is 17.2 Å². The monoisotopic (exact) mass is 363 g/mol. The molecule has 3 aromatic rings. The molecule has 2 heterocycles.